The van der Waals surface area contributed by atoms with Gasteiger partial charge in [0.1, 0.15) is 5.76 Å². The lowest BCUT2D eigenvalue weighted by atomic mass is 10.2. The second-order valence-electron chi connectivity index (χ2n) is 5.39. The first-order valence-electron chi connectivity index (χ1n) is 7.20. The van der Waals surface area contributed by atoms with Gasteiger partial charge in [0, 0.05) is 12.1 Å². The lowest BCUT2D eigenvalue weighted by molar-refractivity contribution is 0.501. The summed E-state index contributed by atoms with van der Waals surface area (Å²) in [5.74, 6) is 1.00. The van der Waals surface area contributed by atoms with E-state index in [1.54, 1.807) is 6.26 Å². The molecule has 1 aliphatic rings. The van der Waals surface area contributed by atoms with E-state index in [0.29, 0.717) is 6.04 Å². The fourth-order valence-corrected chi connectivity index (χ4v) is 2.36. The Hall–Kier alpha value is -1.81. The average molecular weight is 271 g/mol. The molecule has 0 amide bonds. The van der Waals surface area contributed by atoms with Crippen LogP contribution in [0.25, 0.3) is 0 Å². The van der Waals surface area contributed by atoms with Crippen molar-refractivity contribution >= 4 is 5.69 Å². The number of hydrogen-bond donors (Lipinski definition) is 1. The highest BCUT2D eigenvalue weighted by atomic mass is 16.3. The van der Waals surface area contributed by atoms with E-state index >= 15 is 0 Å². The van der Waals surface area contributed by atoms with E-state index in [1.807, 2.05) is 25.4 Å². The van der Waals surface area contributed by atoms with Gasteiger partial charge in [-0.05, 0) is 51.1 Å². The zero-order valence-corrected chi connectivity index (χ0v) is 12.0. The Kier molecular flexibility index (Phi) is 3.74. The fraction of sp³-hybridized carbons (Fsp3) is 0.438. The Balaban J connectivity index is 1.77. The molecule has 2 aromatic rings. The quantitative estimate of drug-likeness (QED) is 0.876. The van der Waals surface area contributed by atoms with Crippen molar-refractivity contribution in [1.82, 2.24) is 10.3 Å². The third-order valence-electron chi connectivity index (χ3n) is 3.87. The zero-order valence-electron chi connectivity index (χ0n) is 12.0. The smallest absolute Gasteiger partial charge is 0.123 e. The van der Waals surface area contributed by atoms with Crippen molar-refractivity contribution in [3.8, 4) is 0 Å². The Labute approximate surface area is 119 Å². The normalized spacial score (nSPS) is 16.1. The van der Waals surface area contributed by atoms with Gasteiger partial charge >= 0.3 is 0 Å². The second-order valence-corrected chi connectivity index (χ2v) is 5.39. The summed E-state index contributed by atoms with van der Waals surface area (Å²) in [6, 6.07) is 9.15. The summed E-state index contributed by atoms with van der Waals surface area (Å²) < 4.78 is 5.47. The third-order valence-corrected chi connectivity index (χ3v) is 3.87. The molecule has 1 N–H and O–H groups in total. The van der Waals surface area contributed by atoms with Crippen molar-refractivity contribution < 1.29 is 4.42 Å². The first-order chi connectivity index (χ1) is 9.78. The summed E-state index contributed by atoms with van der Waals surface area (Å²) in [7, 11) is 1.95. The molecular weight excluding hydrogens is 250 g/mol. The van der Waals surface area contributed by atoms with Crippen LogP contribution in [0.15, 0.2) is 41.1 Å². The SMILES string of the molecule is CNC(C)c1ccc(N(Cc2ccco2)C2CC2)cn1. The third kappa shape index (κ3) is 2.85. The highest BCUT2D eigenvalue weighted by Gasteiger charge is 2.30. The molecule has 1 unspecified atom stereocenters. The summed E-state index contributed by atoms with van der Waals surface area (Å²) in [6.45, 7) is 2.93. The van der Waals surface area contributed by atoms with Crippen LogP contribution in [0, 0.1) is 0 Å². The van der Waals surface area contributed by atoms with Crippen molar-refractivity contribution in [1.29, 1.82) is 0 Å². The minimum atomic E-state index is 0.281. The van der Waals surface area contributed by atoms with Crippen LogP contribution >= 0.6 is 0 Å². The van der Waals surface area contributed by atoms with E-state index < -0.39 is 0 Å². The molecule has 1 saturated carbocycles. The maximum atomic E-state index is 5.47. The largest absolute Gasteiger partial charge is 0.467 e. The van der Waals surface area contributed by atoms with Crippen molar-refractivity contribution in [3.05, 3.63) is 48.2 Å². The van der Waals surface area contributed by atoms with Gasteiger partial charge < -0.3 is 14.6 Å². The predicted molar refractivity (Wildman–Crippen MR) is 79.6 cm³/mol. The molecule has 0 spiro atoms. The van der Waals surface area contributed by atoms with Gasteiger partial charge in [0.05, 0.1) is 30.4 Å². The predicted octanol–water partition coefficient (Wildman–Crippen LogP) is 3.12. The topological polar surface area (TPSA) is 41.3 Å². The molecular formula is C16H21N3O. The van der Waals surface area contributed by atoms with Gasteiger partial charge in [0.2, 0.25) is 0 Å². The number of aromatic nitrogens is 1. The molecule has 3 rings (SSSR count). The molecule has 0 aliphatic heterocycles. The summed E-state index contributed by atoms with van der Waals surface area (Å²) in [5, 5.41) is 3.21. The summed E-state index contributed by atoms with van der Waals surface area (Å²) in [4.78, 5) is 6.96. The summed E-state index contributed by atoms with van der Waals surface area (Å²) in [5.41, 5.74) is 2.25. The maximum absolute atomic E-state index is 5.47. The molecule has 2 heterocycles. The minimum Gasteiger partial charge on any atom is -0.467 e. The highest BCUT2D eigenvalue weighted by Crippen LogP contribution is 2.33. The van der Waals surface area contributed by atoms with Crippen LogP contribution in [0.3, 0.4) is 0 Å². The number of pyridine rings is 1. The first-order valence-corrected chi connectivity index (χ1v) is 7.20. The van der Waals surface area contributed by atoms with Gasteiger partial charge in [0.15, 0.2) is 0 Å². The molecule has 1 aliphatic carbocycles. The molecule has 2 aromatic heterocycles. The summed E-state index contributed by atoms with van der Waals surface area (Å²) >= 11 is 0. The zero-order chi connectivity index (χ0) is 13.9. The van der Waals surface area contributed by atoms with Gasteiger partial charge in [0.25, 0.3) is 0 Å². The van der Waals surface area contributed by atoms with Crippen LogP contribution in [0.4, 0.5) is 5.69 Å². The first kappa shape index (κ1) is 13.2. The molecule has 4 nitrogen and oxygen atoms in total. The molecule has 0 radical (unpaired) electrons. The van der Waals surface area contributed by atoms with E-state index in [-0.39, 0.29) is 6.04 Å². The van der Waals surface area contributed by atoms with Crippen molar-refractivity contribution in [2.75, 3.05) is 11.9 Å². The van der Waals surface area contributed by atoms with E-state index in [4.69, 9.17) is 4.42 Å². The van der Waals surface area contributed by atoms with Crippen LogP contribution in [-0.4, -0.2) is 18.1 Å². The lowest BCUT2D eigenvalue weighted by Gasteiger charge is -2.23. The molecule has 0 bridgehead atoms. The summed E-state index contributed by atoms with van der Waals surface area (Å²) in [6.07, 6.45) is 6.23. The van der Waals surface area contributed by atoms with E-state index in [9.17, 15) is 0 Å². The monoisotopic (exact) mass is 271 g/mol. The van der Waals surface area contributed by atoms with Crippen LogP contribution in [0.5, 0.6) is 0 Å². The number of hydrogen-bond acceptors (Lipinski definition) is 4. The van der Waals surface area contributed by atoms with E-state index in [2.05, 4.69) is 34.3 Å². The van der Waals surface area contributed by atoms with Gasteiger partial charge in [-0.2, -0.15) is 0 Å². The molecule has 4 heteroatoms. The van der Waals surface area contributed by atoms with Crippen molar-refractivity contribution in [2.24, 2.45) is 0 Å². The maximum Gasteiger partial charge on any atom is 0.123 e. The van der Waals surface area contributed by atoms with Gasteiger partial charge in [-0.1, -0.05) is 0 Å². The second kappa shape index (κ2) is 5.67. The Morgan fingerprint density at radius 3 is 2.80 bits per heavy atom. The van der Waals surface area contributed by atoms with Crippen molar-refractivity contribution in [2.45, 2.75) is 38.4 Å². The molecule has 1 atom stereocenters. The number of furan rings is 1. The fourth-order valence-electron chi connectivity index (χ4n) is 2.36. The Morgan fingerprint density at radius 2 is 2.25 bits per heavy atom. The number of rotatable bonds is 6. The molecule has 20 heavy (non-hydrogen) atoms. The highest BCUT2D eigenvalue weighted by molar-refractivity contribution is 5.47. The van der Waals surface area contributed by atoms with Gasteiger partial charge in [-0.3, -0.25) is 4.98 Å². The minimum absolute atomic E-state index is 0.281. The average Bonchev–Trinajstić information content (AvgIpc) is 3.21. The van der Waals surface area contributed by atoms with E-state index in [1.165, 1.54) is 18.5 Å². The molecule has 106 valence electrons. The van der Waals surface area contributed by atoms with Crippen LogP contribution < -0.4 is 10.2 Å². The number of anilines is 1. The molecule has 0 aromatic carbocycles. The van der Waals surface area contributed by atoms with Crippen molar-refractivity contribution in [3.63, 3.8) is 0 Å². The Morgan fingerprint density at radius 1 is 1.40 bits per heavy atom. The van der Waals surface area contributed by atoms with Crippen LogP contribution in [0.1, 0.15) is 37.3 Å². The molecule has 0 saturated heterocycles. The lowest BCUT2D eigenvalue weighted by Crippen LogP contribution is -2.25. The van der Waals surface area contributed by atoms with Crippen LogP contribution in [0.2, 0.25) is 0 Å². The van der Waals surface area contributed by atoms with E-state index in [0.717, 1.165) is 18.0 Å². The number of nitrogens with one attached hydrogen (secondary N) is 1. The van der Waals surface area contributed by atoms with Gasteiger partial charge in [-0.25, -0.2) is 0 Å². The standard InChI is InChI=1S/C16H21N3O/c1-12(17-2)16-8-7-14(10-18-16)19(13-5-6-13)11-15-4-3-9-20-15/h3-4,7-10,12-13,17H,5-6,11H2,1-2H3. The van der Waals surface area contributed by atoms with Gasteiger partial charge in [-0.15, -0.1) is 0 Å². The Bertz CT molecular complexity index is 531. The van der Waals surface area contributed by atoms with Crippen LogP contribution in [-0.2, 0) is 6.54 Å². The molecule has 1 fully saturated rings. The number of nitrogens with zero attached hydrogens (tertiary/aromatic N) is 2.